The number of hydrogen-bond acceptors (Lipinski definition) is 3. The summed E-state index contributed by atoms with van der Waals surface area (Å²) in [5, 5.41) is 12.2. The van der Waals surface area contributed by atoms with Gasteiger partial charge in [-0.1, -0.05) is 5.16 Å². The van der Waals surface area contributed by atoms with Gasteiger partial charge in [0, 0.05) is 0 Å². The first-order chi connectivity index (χ1) is 6.20. The Morgan fingerprint density at radius 1 is 1.54 bits per heavy atom. The van der Waals surface area contributed by atoms with Crippen molar-refractivity contribution < 1.29 is 18.8 Å². The number of carbonyl (C=O) groups is 1. The van der Waals surface area contributed by atoms with E-state index in [1.54, 1.807) is 0 Å². The van der Waals surface area contributed by atoms with Crippen LogP contribution in [0.4, 0.5) is 4.39 Å². The Labute approximate surface area is 71.6 Å². The van der Waals surface area contributed by atoms with Gasteiger partial charge in [0.1, 0.15) is 11.4 Å². The molecule has 1 heterocycles. The standard InChI is InChI=1S/C8H4FNO3/c9-5-1-2-6-4(3-10-13-6)7(5)8(11)12/h1-3H,(H,11,12). The Kier molecular flexibility index (Phi) is 1.51. The van der Waals surface area contributed by atoms with E-state index in [2.05, 4.69) is 9.68 Å². The molecule has 1 aromatic heterocycles. The Hall–Kier alpha value is -1.91. The van der Waals surface area contributed by atoms with Crippen molar-refractivity contribution >= 4 is 16.9 Å². The van der Waals surface area contributed by atoms with Gasteiger partial charge in [0.25, 0.3) is 0 Å². The van der Waals surface area contributed by atoms with Crippen LogP contribution in [-0.4, -0.2) is 16.2 Å². The fourth-order valence-corrected chi connectivity index (χ4v) is 1.13. The van der Waals surface area contributed by atoms with E-state index in [0.717, 1.165) is 6.07 Å². The fourth-order valence-electron chi connectivity index (χ4n) is 1.13. The topological polar surface area (TPSA) is 63.3 Å². The summed E-state index contributed by atoms with van der Waals surface area (Å²) >= 11 is 0. The zero-order chi connectivity index (χ0) is 9.42. The van der Waals surface area contributed by atoms with Crippen LogP contribution >= 0.6 is 0 Å². The molecule has 0 fully saturated rings. The van der Waals surface area contributed by atoms with Crippen molar-refractivity contribution in [1.29, 1.82) is 0 Å². The summed E-state index contributed by atoms with van der Waals surface area (Å²) in [4.78, 5) is 10.6. The Morgan fingerprint density at radius 3 is 3.00 bits per heavy atom. The van der Waals surface area contributed by atoms with Crippen LogP contribution in [0.3, 0.4) is 0 Å². The molecule has 0 unspecified atom stereocenters. The second-order valence-electron chi connectivity index (χ2n) is 2.47. The maximum atomic E-state index is 13.0. The summed E-state index contributed by atoms with van der Waals surface area (Å²) in [5.41, 5.74) is -0.141. The van der Waals surface area contributed by atoms with Crippen LogP contribution < -0.4 is 0 Å². The minimum Gasteiger partial charge on any atom is -0.478 e. The number of carboxylic acids is 1. The fraction of sp³-hybridized carbons (Fsp3) is 0. The first-order valence-corrected chi connectivity index (χ1v) is 3.46. The van der Waals surface area contributed by atoms with E-state index in [0.29, 0.717) is 0 Å². The van der Waals surface area contributed by atoms with E-state index in [1.807, 2.05) is 0 Å². The van der Waals surface area contributed by atoms with Gasteiger partial charge in [0.15, 0.2) is 5.58 Å². The molecule has 2 aromatic rings. The summed E-state index contributed by atoms with van der Waals surface area (Å²) in [6, 6.07) is 2.38. The minimum absolute atomic E-state index is 0.174. The third-order valence-corrected chi connectivity index (χ3v) is 1.70. The van der Waals surface area contributed by atoms with Crippen LogP contribution in [-0.2, 0) is 0 Å². The van der Waals surface area contributed by atoms with Gasteiger partial charge in [-0.3, -0.25) is 0 Å². The molecule has 0 aliphatic rings. The molecule has 5 heteroatoms. The highest BCUT2D eigenvalue weighted by atomic mass is 19.1. The summed E-state index contributed by atoms with van der Waals surface area (Å²) in [7, 11) is 0. The van der Waals surface area contributed by atoms with Crippen molar-refractivity contribution in [3.05, 3.63) is 29.7 Å². The molecule has 0 aliphatic carbocycles. The van der Waals surface area contributed by atoms with Crippen molar-refractivity contribution in [2.45, 2.75) is 0 Å². The van der Waals surface area contributed by atoms with Crippen molar-refractivity contribution in [3.63, 3.8) is 0 Å². The maximum absolute atomic E-state index is 13.0. The van der Waals surface area contributed by atoms with E-state index in [4.69, 9.17) is 5.11 Å². The molecule has 0 saturated heterocycles. The number of fused-ring (bicyclic) bond motifs is 1. The zero-order valence-electron chi connectivity index (χ0n) is 6.32. The van der Waals surface area contributed by atoms with Crippen LogP contribution in [0.2, 0.25) is 0 Å². The average molecular weight is 181 g/mol. The number of aromatic nitrogens is 1. The molecule has 0 amide bonds. The lowest BCUT2D eigenvalue weighted by Crippen LogP contribution is -2.00. The van der Waals surface area contributed by atoms with Crippen LogP contribution in [0.1, 0.15) is 10.4 Å². The predicted molar refractivity (Wildman–Crippen MR) is 40.9 cm³/mol. The largest absolute Gasteiger partial charge is 0.478 e. The molecule has 0 spiro atoms. The van der Waals surface area contributed by atoms with Crippen molar-refractivity contribution in [2.24, 2.45) is 0 Å². The lowest BCUT2D eigenvalue weighted by atomic mass is 10.1. The predicted octanol–water partition coefficient (Wildman–Crippen LogP) is 1.67. The molecule has 1 N–H and O–H groups in total. The number of carboxylic acid groups (broad SMARTS) is 1. The lowest BCUT2D eigenvalue weighted by Gasteiger charge is -1.96. The van der Waals surface area contributed by atoms with Crippen LogP contribution in [0.25, 0.3) is 11.0 Å². The van der Waals surface area contributed by atoms with Crippen LogP contribution in [0.15, 0.2) is 22.9 Å². The molecule has 2 rings (SSSR count). The normalized spacial score (nSPS) is 10.5. The smallest absolute Gasteiger partial charge is 0.339 e. The number of rotatable bonds is 1. The molecule has 1 aromatic carbocycles. The third-order valence-electron chi connectivity index (χ3n) is 1.70. The molecule has 0 saturated carbocycles. The molecule has 0 atom stereocenters. The van der Waals surface area contributed by atoms with E-state index in [1.165, 1.54) is 12.3 Å². The number of aromatic carboxylic acids is 1. The molecule has 4 nitrogen and oxygen atoms in total. The second kappa shape index (κ2) is 2.55. The monoisotopic (exact) mass is 181 g/mol. The number of hydrogen-bond donors (Lipinski definition) is 1. The molecule has 0 radical (unpaired) electrons. The highest BCUT2D eigenvalue weighted by Crippen LogP contribution is 2.20. The first-order valence-electron chi connectivity index (χ1n) is 3.46. The highest BCUT2D eigenvalue weighted by Gasteiger charge is 2.16. The summed E-state index contributed by atoms with van der Waals surface area (Å²) < 4.78 is 17.7. The summed E-state index contributed by atoms with van der Waals surface area (Å²) in [6.07, 6.45) is 1.18. The average Bonchev–Trinajstić information content (AvgIpc) is 2.50. The highest BCUT2D eigenvalue weighted by molar-refractivity contribution is 6.01. The van der Waals surface area contributed by atoms with Gasteiger partial charge >= 0.3 is 5.97 Å². The third kappa shape index (κ3) is 1.05. The molecule has 13 heavy (non-hydrogen) atoms. The van der Waals surface area contributed by atoms with Crippen molar-refractivity contribution in [3.8, 4) is 0 Å². The van der Waals surface area contributed by atoms with Gasteiger partial charge < -0.3 is 9.63 Å². The van der Waals surface area contributed by atoms with Gasteiger partial charge in [-0.25, -0.2) is 9.18 Å². The zero-order valence-corrected chi connectivity index (χ0v) is 6.32. The van der Waals surface area contributed by atoms with Gasteiger partial charge in [0.05, 0.1) is 11.6 Å². The van der Waals surface area contributed by atoms with E-state index >= 15 is 0 Å². The Bertz CT molecular complexity index is 477. The van der Waals surface area contributed by atoms with Gasteiger partial charge in [-0.15, -0.1) is 0 Å². The Morgan fingerprint density at radius 2 is 2.31 bits per heavy atom. The van der Waals surface area contributed by atoms with E-state index in [-0.39, 0.29) is 11.0 Å². The second-order valence-corrected chi connectivity index (χ2v) is 2.47. The maximum Gasteiger partial charge on any atom is 0.339 e. The minimum atomic E-state index is -1.33. The number of benzene rings is 1. The molecule has 0 aliphatic heterocycles. The van der Waals surface area contributed by atoms with Gasteiger partial charge in [0.2, 0.25) is 0 Å². The van der Waals surface area contributed by atoms with Gasteiger partial charge in [-0.05, 0) is 12.1 Å². The number of halogens is 1. The lowest BCUT2D eigenvalue weighted by molar-refractivity contribution is 0.0694. The SMILES string of the molecule is O=C(O)c1c(F)ccc2oncc12. The first kappa shape index (κ1) is 7.72. The van der Waals surface area contributed by atoms with Crippen LogP contribution in [0, 0.1) is 5.82 Å². The van der Waals surface area contributed by atoms with Crippen molar-refractivity contribution in [2.75, 3.05) is 0 Å². The number of nitrogens with zero attached hydrogens (tertiary/aromatic N) is 1. The molecular weight excluding hydrogens is 177 g/mol. The van der Waals surface area contributed by atoms with Gasteiger partial charge in [-0.2, -0.15) is 0 Å². The van der Waals surface area contributed by atoms with Crippen molar-refractivity contribution in [1.82, 2.24) is 5.16 Å². The molecule has 66 valence electrons. The van der Waals surface area contributed by atoms with E-state index < -0.39 is 17.3 Å². The van der Waals surface area contributed by atoms with Crippen LogP contribution in [0.5, 0.6) is 0 Å². The summed E-state index contributed by atoms with van der Waals surface area (Å²) in [6.45, 7) is 0. The molecule has 0 bridgehead atoms. The quantitative estimate of drug-likeness (QED) is 0.726. The summed E-state index contributed by atoms with van der Waals surface area (Å²) in [5.74, 6) is -2.12. The van der Waals surface area contributed by atoms with E-state index in [9.17, 15) is 9.18 Å². The Balaban J connectivity index is 2.88. The molecular formula is C8H4FNO3.